The molecule has 0 aliphatic rings. The number of amides is 2. The molecule has 3 aromatic rings. The van der Waals surface area contributed by atoms with Crippen molar-refractivity contribution < 1.29 is 19.6 Å². The van der Waals surface area contributed by atoms with Gasteiger partial charge in [0.15, 0.2) is 0 Å². The quantitative estimate of drug-likeness (QED) is 0.402. The fourth-order valence-corrected chi connectivity index (χ4v) is 2.42. The van der Waals surface area contributed by atoms with E-state index in [1.165, 1.54) is 18.2 Å². The van der Waals surface area contributed by atoms with Gasteiger partial charge in [-0.05, 0) is 24.3 Å². The van der Waals surface area contributed by atoms with E-state index in [1.54, 1.807) is 18.2 Å². The molecular weight excluding hydrogens is 356 g/mol. The number of nitro groups is 1. The molecular formula is C17H12N4O6. The minimum absolute atomic E-state index is 0.0533. The molecule has 3 rings (SSSR count). The number of carbonyl (C=O) groups is 2. The molecule has 1 heterocycles. The molecule has 0 spiro atoms. The Hall–Kier alpha value is -4.21. The second-order valence-corrected chi connectivity index (χ2v) is 5.44. The van der Waals surface area contributed by atoms with Gasteiger partial charge in [0, 0.05) is 23.1 Å². The predicted molar refractivity (Wildman–Crippen MR) is 94.3 cm³/mol. The van der Waals surface area contributed by atoms with Gasteiger partial charge in [0.25, 0.3) is 23.1 Å². The molecule has 0 aliphatic carbocycles. The van der Waals surface area contributed by atoms with Crippen LogP contribution in [0.4, 0.5) is 5.69 Å². The Morgan fingerprint density at radius 1 is 1.00 bits per heavy atom. The lowest BCUT2D eigenvalue weighted by Gasteiger charge is -2.09. The molecule has 0 radical (unpaired) electrons. The van der Waals surface area contributed by atoms with Crippen molar-refractivity contribution in [1.29, 1.82) is 0 Å². The molecule has 0 aliphatic heterocycles. The van der Waals surface area contributed by atoms with Crippen molar-refractivity contribution >= 4 is 28.4 Å². The Morgan fingerprint density at radius 2 is 1.63 bits per heavy atom. The van der Waals surface area contributed by atoms with Crippen LogP contribution in [0.15, 0.2) is 53.3 Å². The van der Waals surface area contributed by atoms with Crippen LogP contribution >= 0.6 is 0 Å². The number of aromatic nitrogens is 1. The molecule has 4 N–H and O–H groups in total. The molecule has 0 bridgehead atoms. The van der Waals surface area contributed by atoms with E-state index in [0.717, 1.165) is 12.1 Å². The highest BCUT2D eigenvalue weighted by molar-refractivity contribution is 6.03. The van der Waals surface area contributed by atoms with Crippen molar-refractivity contribution in [3.05, 3.63) is 80.1 Å². The third-order valence-corrected chi connectivity index (χ3v) is 3.75. The first-order valence-corrected chi connectivity index (χ1v) is 7.57. The highest BCUT2D eigenvalue weighted by Gasteiger charge is 2.20. The van der Waals surface area contributed by atoms with Crippen molar-refractivity contribution in [3.8, 4) is 5.75 Å². The van der Waals surface area contributed by atoms with Gasteiger partial charge >= 0.3 is 0 Å². The topological polar surface area (TPSA) is 154 Å². The lowest BCUT2D eigenvalue weighted by atomic mass is 10.1. The third-order valence-electron chi connectivity index (χ3n) is 3.75. The lowest BCUT2D eigenvalue weighted by molar-refractivity contribution is -0.384. The van der Waals surface area contributed by atoms with Crippen molar-refractivity contribution in [1.82, 2.24) is 15.8 Å². The number of nitrogens with one attached hydrogen (secondary N) is 3. The number of nitro benzene ring substituents is 1. The van der Waals surface area contributed by atoms with Crippen LogP contribution in [0, 0.1) is 10.1 Å². The van der Waals surface area contributed by atoms with E-state index >= 15 is 0 Å². The van der Waals surface area contributed by atoms with Crippen LogP contribution in [0.1, 0.15) is 20.7 Å². The van der Waals surface area contributed by atoms with E-state index in [9.17, 15) is 29.6 Å². The lowest BCUT2D eigenvalue weighted by Crippen LogP contribution is -2.43. The number of hydrogen-bond donors (Lipinski definition) is 4. The zero-order chi connectivity index (χ0) is 19.6. The average Bonchev–Trinajstić information content (AvgIpc) is 2.66. The maximum absolute atomic E-state index is 12.2. The summed E-state index contributed by atoms with van der Waals surface area (Å²) < 4.78 is 0. The Morgan fingerprint density at radius 3 is 2.30 bits per heavy atom. The van der Waals surface area contributed by atoms with Crippen LogP contribution in [0.3, 0.4) is 0 Å². The van der Waals surface area contributed by atoms with Gasteiger partial charge in [-0.15, -0.1) is 0 Å². The van der Waals surface area contributed by atoms with Gasteiger partial charge in [-0.25, -0.2) is 0 Å². The number of non-ortho nitro benzene ring substituents is 1. The van der Waals surface area contributed by atoms with E-state index < -0.39 is 33.6 Å². The van der Waals surface area contributed by atoms with Gasteiger partial charge in [-0.2, -0.15) is 0 Å². The highest BCUT2D eigenvalue weighted by Crippen LogP contribution is 2.24. The number of pyridine rings is 1. The van der Waals surface area contributed by atoms with Crippen LogP contribution < -0.4 is 16.4 Å². The predicted octanol–water partition coefficient (Wildman–Crippen LogP) is 1.22. The summed E-state index contributed by atoms with van der Waals surface area (Å²) in [5.74, 6) is -2.29. The molecule has 0 saturated carbocycles. The Bertz CT molecular complexity index is 1120. The van der Waals surface area contributed by atoms with Crippen LogP contribution in [-0.4, -0.2) is 26.8 Å². The molecule has 136 valence electrons. The van der Waals surface area contributed by atoms with Gasteiger partial charge in [0.1, 0.15) is 11.3 Å². The zero-order valence-corrected chi connectivity index (χ0v) is 13.6. The Balaban J connectivity index is 1.78. The van der Waals surface area contributed by atoms with Crippen molar-refractivity contribution in [2.24, 2.45) is 0 Å². The fourth-order valence-electron chi connectivity index (χ4n) is 2.42. The number of H-pyrrole nitrogens is 1. The number of aromatic hydroxyl groups is 1. The van der Waals surface area contributed by atoms with Crippen molar-refractivity contribution in [2.75, 3.05) is 0 Å². The molecule has 2 aromatic carbocycles. The first kappa shape index (κ1) is 17.6. The number of hydrazine groups is 1. The number of rotatable bonds is 3. The summed E-state index contributed by atoms with van der Waals surface area (Å²) in [5, 5.41) is 21.1. The van der Waals surface area contributed by atoms with Gasteiger partial charge in [-0.3, -0.25) is 35.3 Å². The zero-order valence-electron chi connectivity index (χ0n) is 13.6. The molecule has 10 nitrogen and oxygen atoms in total. The van der Waals surface area contributed by atoms with E-state index in [4.69, 9.17) is 0 Å². The molecule has 0 saturated heterocycles. The van der Waals surface area contributed by atoms with E-state index in [0.29, 0.717) is 5.52 Å². The third kappa shape index (κ3) is 3.44. The number of benzene rings is 2. The summed E-state index contributed by atoms with van der Waals surface area (Å²) in [6, 6.07) is 11.1. The van der Waals surface area contributed by atoms with Gasteiger partial charge in [0.05, 0.1) is 10.4 Å². The van der Waals surface area contributed by atoms with Crippen LogP contribution in [-0.2, 0) is 0 Å². The maximum atomic E-state index is 12.2. The molecule has 0 fully saturated rings. The number of fused-ring (bicyclic) bond motifs is 1. The molecule has 10 heteroatoms. The van der Waals surface area contributed by atoms with E-state index in [-0.39, 0.29) is 16.6 Å². The van der Waals surface area contributed by atoms with E-state index in [2.05, 4.69) is 10.4 Å². The smallest absolute Gasteiger partial charge is 0.279 e. The Kier molecular flexibility index (Phi) is 4.54. The molecule has 0 atom stereocenters. The highest BCUT2D eigenvalue weighted by atomic mass is 16.6. The van der Waals surface area contributed by atoms with Gasteiger partial charge in [-0.1, -0.05) is 12.1 Å². The summed E-state index contributed by atoms with van der Waals surface area (Å²) in [6.45, 7) is 0. The number of aromatic amines is 1. The van der Waals surface area contributed by atoms with Crippen LogP contribution in [0.2, 0.25) is 0 Å². The number of carbonyl (C=O) groups excluding carboxylic acids is 2. The minimum atomic E-state index is -1.02. The molecule has 1 aromatic heterocycles. The number of nitrogens with zero attached hydrogens (tertiary/aromatic N) is 1. The van der Waals surface area contributed by atoms with E-state index in [1.807, 2.05) is 5.43 Å². The summed E-state index contributed by atoms with van der Waals surface area (Å²) in [5.41, 5.74) is 2.94. The van der Waals surface area contributed by atoms with Crippen molar-refractivity contribution in [3.63, 3.8) is 0 Å². The monoisotopic (exact) mass is 368 g/mol. The van der Waals surface area contributed by atoms with Crippen LogP contribution in [0.5, 0.6) is 5.75 Å². The summed E-state index contributed by atoms with van der Waals surface area (Å²) >= 11 is 0. The van der Waals surface area contributed by atoms with Crippen molar-refractivity contribution in [2.45, 2.75) is 0 Å². The normalized spacial score (nSPS) is 10.4. The standard InChI is InChI=1S/C17H12N4O6/c22-14-11-3-1-2-4-12(11)18-16(24)13(14)17(25)20-19-15(23)9-5-7-10(8-6-9)21(26)27/h1-8H,(H,19,23)(H,20,25)(H2,18,22,24). The SMILES string of the molecule is O=C(NNC(=O)c1c(O)c2ccccc2[nH]c1=O)c1ccc([N+](=O)[O-])cc1. The van der Waals surface area contributed by atoms with Gasteiger partial charge < -0.3 is 10.1 Å². The summed E-state index contributed by atoms with van der Waals surface area (Å²) in [7, 11) is 0. The van der Waals surface area contributed by atoms with Gasteiger partial charge in [0.2, 0.25) is 0 Å². The largest absolute Gasteiger partial charge is 0.506 e. The molecule has 2 amide bonds. The fraction of sp³-hybridized carbons (Fsp3) is 0. The molecule has 27 heavy (non-hydrogen) atoms. The molecule has 0 unspecified atom stereocenters. The second-order valence-electron chi connectivity index (χ2n) is 5.44. The Labute approximate surface area is 150 Å². The maximum Gasteiger partial charge on any atom is 0.279 e. The first-order valence-electron chi connectivity index (χ1n) is 7.57. The first-order chi connectivity index (χ1) is 12.9. The minimum Gasteiger partial charge on any atom is -0.506 e. The summed E-state index contributed by atoms with van der Waals surface area (Å²) in [6.07, 6.45) is 0. The number of hydrogen-bond acceptors (Lipinski definition) is 6. The second kappa shape index (κ2) is 6.96. The number of para-hydroxylation sites is 1. The van der Waals surface area contributed by atoms with Crippen LogP contribution in [0.25, 0.3) is 10.9 Å². The average molecular weight is 368 g/mol. The summed E-state index contributed by atoms with van der Waals surface area (Å²) in [4.78, 5) is 48.7.